The highest BCUT2D eigenvalue weighted by Gasteiger charge is 2.33. The molecular weight excluding hydrogens is 324 g/mol. The predicted molar refractivity (Wildman–Crippen MR) is 79.7 cm³/mol. The second-order valence-corrected chi connectivity index (χ2v) is 5.81. The van der Waals surface area contributed by atoms with Gasteiger partial charge in [0.15, 0.2) is 0 Å². The summed E-state index contributed by atoms with van der Waals surface area (Å²) < 4.78 is 0. The van der Waals surface area contributed by atoms with Crippen LogP contribution in [-0.2, 0) is 19.2 Å². The van der Waals surface area contributed by atoms with Crippen LogP contribution in [0.3, 0.4) is 0 Å². The van der Waals surface area contributed by atoms with E-state index in [1.807, 2.05) is 0 Å². The molecule has 4 atom stereocenters. The van der Waals surface area contributed by atoms with Crippen molar-refractivity contribution in [2.24, 2.45) is 0 Å². The van der Waals surface area contributed by atoms with E-state index < -0.39 is 60.9 Å². The van der Waals surface area contributed by atoms with Crippen molar-refractivity contribution in [2.45, 2.75) is 62.7 Å². The smallest absolute Gasteiger partial charge is 0.321 e. The summed E-state index contributed by atoms with van der Waals surface area (Å²) in [6.07, 6.45) is 1.45. The molecule has 6 N–H and O–H groups in total. The fourth-order valence-electron chi connectivity index (χ4n) is 2.83. The molecule has 1 fully saturated rings. The number of carboxylic acid groups (broad SMARTS) is 4. The molecule has 10 nitrogen and oxygen atoms in total. The van der Waals surface area contributed by atoms with Crippen molar-refractivity contribution in [1.82, 2.24) is 10.6 Å². The van der Waals surface area contributed by atoms with Crippen LogP contribution in [0.25, 0.3) is 0 Å². The van der Waals surface area contributed by atoms with Gasteiger partial charge in [-0.3, -0.25) is 29.8 Å². The van der Waals surface area contributed by atoms with Crippen LogP contribution < -0.4 is 10.6 Å². The molecular formula is C14H22N2O8. The zero-order valence-corrected chi connectivity index (χ0v) is 13.0. The number of hydrogen-bond acceptors (Lipinski definition) is 6. The summed E-state index contributed by atoms with van der Waals surface area (Å²) in [6, 6.07) is -3.49. The van der Waals surface area contributed by atoms with E-state index >= 15 is 0 Å². The summed E-state index contributed by atoms with van der Waals surface area (Å²) in [5.41, 5.74) is 0. The SMILES string of the molecule is O=C(O)C[C@H](NC1CCCCC1N[C@@H](CC(=O)O)C(=O)O)C(=O)O. The Morgan fingerprint density at radius 3 is 1.33 bits per heavy atom. The van der Waals surface area contributed by atoms with E-state index in [0.717, 1.165) is 12.8 Å². The molecule has 0 aliphatic heterocycles. The summed E-state index contributed by atoms with van der Waals surface area (Å²) in [5, 5.41) is 41.3. The molecule has 24 heavy (non-hydrogen) atoms. The lowest BCUT2D eigenvalue weighted by Gasteiger charge is -2.36. The van der Waals surface area contributed by atoms with E-state index in [2.05, 4.69) is 10.6 Å². The Balaban J connectivity index is 2.79. The first-order valence-corrected chi connectivity index (χ1v) is 7.62. The largest absolute Gasteiger partial charge is 0.481 e. The molecule has 0 heterocycles. The molecule has 0 aromatic carbocycles. The van der Waals surface area contributed by atoms with Gasteiger partial charge in [-0.15, -0.1) is 0 Å². The highest BCUT2D eigenvalue weighted by atomic mass is 16.4. The molecule has 1 saturated carbocycles. The minimum absolute atomic E-state index is 0.449. The Hall–Kier alpha value is -2.20. The maximum atomic E-state index is 11.2. The fourth-order valence-corrected chi connectivity index (χ4v) is 2.83. The van der Waals surface area contributed by atoms with E-state index in [1.54, 1.807) is 0 Å². The number of hydrogen-bond donors (Lipinski definition) is 6. The second kappa shape index (κ2) is 9.18. The third kappa shape index (κ3) is 6.50. The van der Waals surface area contributed by atoms with Crippen LogP contribution in [0, 0.1) is 0 Å². The Kier molecular flexibility index (Phi) is 7.59. The normalized spacial score (nSPS) is 23.2. The third-order valence-corrected chi connectivity index (χ3v) is 3.95. The predicted octanol–water partition coefficient (Wildman–Crippen LogP) is -0.667. The standard InChI is InChI=1S/C14H22N2O8/c17-11(18)5-9(13(21)22)15-7-3-1-2-4-8(7)16-10(14(23)24)6-12(19)20/h7-10,15-16H,1-6H2,(H,17,18)(H,19,20)(H,21,22)(H,23,24)/t7?,8?,9-,10-/m0/s1. The topological polar surface area (TPSA) is 173 Å². The molecule has 1 rings (SSSR count). The molecule has 2 unspecified atom stereocenters. The molecule has 0 saturated heterocycles. The van der Waals surface area contributed by atoms with E-state index in [1.165, 1.54) is 0 Å². The minimum atomic E-state index is -1.30. The molecule has 0 bridgehead atoms. The highest BCUT2D eigenvalue weighted by Crippen LogP contribution is 2.20. The first kappa shape index (κ1) is 19.8. The van der Waals surface area contributed by atoms with E-state index in [0.29, 0.717) is 12.8 Å². The fraction of sp³-hybridized carbons (Fsp3) is 0.714. The zero-order chi connectivity index (χ0) is 18.3. The summed E-state index contributed by atoms with van der Waals surface area (Å²) >= 11 is 0. The zero-order valence-electron chi connectivity index (χ0n) is 13.0. The van der Waals surface area contributed by atoms with Gasteiger partial charge in [0, 0.05) is 12.1 Å². The Morgan fingerprint density at radius 1 is 0.750 bits per heavy atom. The third-order valence-electron chi connectivity index (χ3n) is 3.95. The molecule has 0 radical (unpaired) electrons. The monoisotopic (exact) mass is 346 g/mol. The second-order valence-electron chi connectivity index (χ2n) is 5.81. The number of rotatable bonds is 10. The molecule has 1 aliphatic carbocycles. The maximum Gasteiger partial charge on any atom is 0.321 e. The van der Waals surface area contributed by atoms with Crippen molar-refractivity contribution in [3.05, 3.63) is 0 Å². The van der Waals surface area contributed by atoms with Gasteiger partial charge in [0.1, 0.15) is 12.1 Å². The lowest BCUT2D eigenvalue weighted by molar-refractivity contribution is -0.147. The Bertz CT molecular complexity index is 451. The quantitative estimate of drug-likeness (QED) is 0.298. The molecule has 0 aromatic heterocycles. The van der Waals surface area contributed by atoms with Crippen LogP contribution in [0.1, 0.15) is 38.5 Å². The van der Waals surface area contributed by atoms with Gasteiger partial charge in [-0.25, -0.2) is 0 Å². The van der Waals surface area contributed by atoms with Crippen LogP contribution in [0.2, 0.25) is 0 Å². The lowest BCUT2D eigenvalue weighted by atomic mass is 9.88. The van der Waals surface area contributed by atoms with Crippen molar-refractivity contribution in [1.29, 1.82) is 0 Å². The van der Waals surface area contributed by atoms with Gasteiger partial charge in [0.05, 0.1) is 12.8 Å². The molecule has 0 aromatic rings. The first-order valence-electron chi connectivity index (χ1n) is 7.62. The summed E-state index contributed by atoms with van der Waals surface area (Å²) in [6.45, 7) is 0. The number of carboxylic acids is 4. The molecule has 0 amide bonds. The summed E-state index contributed by atoms with van der Waals surface area (Å²) in [5.74, 6) is -5.13. The molecule has 136 valence electrons. The first-order chi connectivity index (χ1) is 11.2. The van der Waals surface area contributed by atoms with Gasteiger partial charge in [0.2, 0.25) is 0 Å². The highest BCUT2D eigenvalue weighted by molar-refractivity contribution is 5.81. The van der Waals surface area contributed by atoms with Crippen LogP contribution >= 0.6 is 0 Å². The van der Waals surface area contributed by atoms with Gasteiger partial charge >= 0.3 is 23.9 Å². The van der Waals surface area contributed by atoms with Crippen LogP contribution in [0.15, 0.2) is 0 Å². The molecule has 1 aliphatic rings. The van der Waals surface area contributed by atoms with Crippen LogP contribution in [0.4, 0.5) is 0 Å². The Morgan fingerprint density at radius 2 is 1.08 bits per heavy atom. The van der Waals surface area contributed by atoms with Gasteiger partial charge in [-0.2, -0.15) is 0 Å². The van der Waals surface area contributed by atoms with E-state index in [4.69, 9.17) is 20.4 Å². The van der Waals surface area contributed by atoms with Crippen molar-refractivity contribution >= 4 is 23.9 Å². The van der Waals surface area contributed by atoms with Crippen molar-refractivity contribution in [3.8, 4) is 0 Å². The van der Waals surface area contributed by atoms with Crippen LogP contribution in [-0.4, -0.2) is 68.5 Å². The molecule has 10 heteroatoms. The van der Waals surface area contributed by atoms with Crippen molar-refractivity contribution < 1.29 is 39.6 Å². The maximum absolute atomic E-state index is 11.2. The average Bonchev–Trinajstić information content (AvgIpc) is 2.46. The average molecular weight is 346 g/mol. The molecule has 0 spiro atoms. The van der Waals surface area contributed by atoms with Crippen LogP contribution in [0.5, 0.6) is 0 Å². The van der Waals surface area contributed by atoms with Gasteiger partial charge < -0.3 is 20.4 Å². The van der Waals surface area contributed by atoms with Crippen molar-refractivity contribution in [2.75, 3.05) is 0 Å². The van der Waals surface area contributed by atoms with E-state index in [9.17, 15) is 19.2 Å². The minimum Gasteiger partial charge on any atom is -0.481 e. The number of nitrogens with one attached hydrogen (secondary N) is 2. The summed E-state index contributed by atoms with van der Waals surface area (Å²) in [4.78, 5) is 43.9. The van der Waals surface area contributed by atoms with Gasteiger partial charge in [-0.1, -0.05) is 12.8 Å². The lowest BCUT2D eigenvalue weighted by Crippen LogP contribution is -2.58. The number of carbonyl (C=O) groups is 4. The number of aliphatic carboxylic acids is 4. The Labute approximate surface area is 137 Å². The summed E-state index contributed by atoms with van der Waals surface area (Å²) in [7, 11) is 0. The van der Waals surface area contributed by atoms with E-state index in [-0.39, 0.29) is 0 Å². The van der Waals surface area contributed by atoms with Gasteiger partial charge in [-0.05, 0) is 12.8 Å². The van der Waals surface area contributed by atoms with Crippen molar-refractivity contribution in [3.63, 3.8) is 0 Å². The van der Waals surface area contributed by atoms with Gasteiger partial charge in [0.25, 0.3) is 0 Å².